The summed E-state index contributed by atoms with van der Waals surface area (Å²) in [6, 6.07) is 7.57. The molecule has 1 aromatic rings. The average Bonchev–Trinajstić information content (AvgIpc) is 2.30. The first-order valence-corrected chi connectivity index (χ1v) is 6.86. The number of rotatable bonds is 7. The molecule has 0 saturated heterocycles. The van der Waals surface area contributed by atoms with Crippen molar-refractivity contribution in [2.24, 2.45) is 10.9 Å². The number of hydrogen-bond acceptors (Lipinski definition) is 2. The molecule has 0 saturated carbocycles. The second-order valence-corrected chi connectivity index (χ2v) is 5.30. The maximum absolute atomic E-state index is 9.63. The SMILES string of the molecule is CC(CC(C)C)=NCCCCc1ccccc1O. The Hall–Kier alpha value is -1.31. The first kappa shape index (κ1) is 14.7. The van der Waals surface area contributed by atoms with Gasteiger partial charge in [0.25, 0.3) is 0 Å². The van der Waals surface area contributed by atoms with E-state index in [1.54, 1.807) is 6.07 Å². The molecular formula is C16H25NO. The van der Waals surface area contributed by atoms with E-state index in [9.17, 15) is 5.11 Å². The maximum Gasteiger partial charge on any atom is 0.118 e. The number of unbranched alkanes of at least 4 members (excludes halogenated alkanes) is 1. The standard InChI is InChI=1S/C16H25NO/c1-13(2)12-14(3)17-11-7-6-9-15-8-4-5-10-16(15)18/h4-5,8,10,13,18H,6-7,9,11-12H2,1-3H3. The first-order valence-electron chi connectivity index (χ1n) is 6.86. The van der Waals surface area contributed by atoms with E-state index >= 15 is 0 Å². The van der Waals surface area contributed by atoms with Gasteiger partial charge in [0.05, 0.1) is 0 Å². The van der Waals surface area contributed by atoms with Crippen molar-refractivity contribution in [2.45, 2.75) is 46.5 Å². The lowest BCUT2D eigenvalue weighted by molar-refractivity contribution is 0.466. The molecule has 0 aromatic heterocycles. The molecule has 0 heterocycles. The topological polar surface area (TPSA) is 32.6 Å². The highest BCUT2D eigenvalue weighted by molar-refractivity contribution is 5.82. The fourth-order valence-corrected chi connectivity index (χ4v) is 2.07. The zero-order valence-corrected chi connectivity index (χ0v) is 11.8. The molecular weight excluding hydrogens is 222 g/mol. The van der Waals surface area contributed by atoms with Gasteiger partial charge >= 0.3 is 0 Å². The van der Waals surface area contributed by atoms with Crippen molar-refractivity contribution in [3.8, 4) is 5.75 Å². The monoisotopic (exact) mass is 247 g/mol. The Morgan fingerprint density at radius 2 is 1.94 bits per heavy atom. The van der Waals surface area contributed by atoms with Gasteiger partial charge in [0.15, 0.2) is 0 Å². The van der Waals surface area contributed by atoms with Crippen LogP contribution in [0.4, 0.5) is 0 Å². The Labute approximate surface area is 111 Å². The molecule has 0 aliphatic rings. The third kappa shape index (κ3) is 5.85. The second kappa shape index (κ2) is 7.91. The summed E-state index contributed by atoms with van der Waals surface area (Å²) >= 11 is 0. The van der Waals surface area contributed by atoms with Crippen molar-refractivity contribution in [3.63, 3.8) is 0 Å². The zero-order chi connectivity index (χ0) is 13.4. The molecule has 2 nitrogen and oxygen atoms in total. The minimum Gasteiger partial charge on any atom is -0.508 e. The second-order valence-electron chi connectivity index (χ2n) is 5.30. The van der Waals surface area contributed by atoms with Crippen LogP contribution in [0.1, 0.15) is 45.6 Å². The molecule has 1 aromatic carbocycles. The molecule has 1 rings (SSSR count). The number of para-hydroxylation sites is 1. The van der Waals surface area contributed by atoms with Gasteiger partial charge in [0, 0.05) is 12.3 Å². The number of benzene rings is 1. The fraction of sp³-hybridized carbons (Fsp3) is 0.562. The summed E-state index contributed by atoms with van der Waals surface area (Å²) in [5, 5.41) is 9.63. The molecule has 0 unspecified atom stereocenters. The lowest BCUT2D eigenvalue weighted by Gasteiger charge is -2.05. The van der Waals surface area contributed by atoms with Crippen LogP contribution in [0.3, 0.4) is 0 Å². The number of aliphatic imine (C=N–C) groups is 1. The largest absolute Gasteiger partial charge is 0.508 e. The van der Waals surface area contributed by atoms with E-state index in [1.807, 2.05) is 18.2 Å². The summed E-state index contributed by atoms with van der Waals surface area (Å²) in [5.74, 6) is 1.10. The molecule has 2 heteroatoms. The Morgan fingerprint density at radius 3 is 2.61 bits per heavy atom. The molecule has 0 atom stereocenters. The van der Waals surface area contributed by atoms with Crippen LogP contribution in [0.2, 0.25) is 0 Å². The Bertz CT molecular complexity index is 382. The van der Waals surface area contributed by atoms with Crippen LogP contribution in [0.15, 0.2) is 29.3 Å². The van der Waals surface area contributed by atoms with Crippen molar-refractivity contribution in [1.82, 2.24) is 0 Å². The molecule has 0 fully saturated rings. The summed E-state index contributed by atoms with van der Waals surface area (Å²) in [4.78, 5) is 4.57. The predicted octanol–water partition coefficient (Wildman–Crippen LogP) is 4.22. The molecule has 0 bridgehead atoms. The molecule has 1 N–H and O–H groups in total. The Kier molecular flexibility index (Phi) is 6.48. The lowest BCUT2D eigenvalue weighted by atomic mass is 10.1. The van der Waals surface area contributed by atoms with Gasteiger partial charge in [-0.1, -0.05) is 32.0 Å². The molecule has 0 radical (unpaired) electrons. The predicted molar refractivity (Wildman–Crippen MR) is 78.5 cm³/mol. The molecule has 18 heavy (non-hydrogen) atoms. The number of nitrogens with zero attached hydrogens (tertiary/aromatic N) is 1. The number of phenols is 1. The zero-order valence-electron chi connectivity index (χ0n) is 11.8. The van der Waals surface area contributed by atoms with Crippen LogP contribution in [-0.4, -0.2) is 17.4 Å². The smallest absolute Gasteiger partial charge is 0.118 e. The lowest BCUT2D eigenvalue weighted by Crippen LogP contribution is -1.99. The van der Waals surface area contributed by atoms with Crippen molar-refractivity contribution in [2.75, 3.05) is 6.54 Å². The van der Waals surface area contributed by atoms with Crippen molar-refractivity contribution < 1.29 is 5.11 Å². The van der Waals surface area contributed by atoms with E-state index in [4.69, 9.17) is 0 Å². The van der Waals surface area contributed by atoms with Gasteiger partial charge in [0.2, 0.25) is 0 Å². The third-order valence-electron chi connectivity index (χ3n) is 2.93. The van der Waals surface area contributed by atoms with E-state index in [1.165, 1.54) is 5.71 Å². The van der Waals surface area contributed by atoms with Crippen molar-refractivity contribution >= 4 is 5.71 Å². The minimum atomic E-state index is 0.414. The van der Waals surface area contributed by atoms with Gasteiger partial charge in [0.1, 0.15) is 5.75 Å². The normalized spacial score (nSPS) is 12.1. The minimum absolute atomic E-state index is 0.414. The van der Waals surface area contributed by atoms with Gasteiger partial charge in [-0.25, -0.2) is 0 Å². The van der Waals surface area contributed by atoms with Crippen LogP contribution in [-0.2, 0) is 6.42 Å². The third-order valence-corrected chi connectivity index (χ3v) is 2.93. The Balaban J connectivity index is 2.21. The summed E-state index contributed by atoms with van der Waals surface area (Å²) in [7, 11) is 0. The number of hydrogen-bond donors (Lipinski definition) is 1. The maximum atomic E-state index is 9.63. The van der Waals surface area contributed by atoms with Gasteiger partial charge in [-0.3, -0.25) is 4.99 Å². The van der Waals surface area contributed by atoms with Gasteiger partial charge in [-0.05, 0) is 50.2 Å². The number of phenolic OH excluding ortho intramolecular Hbond substituents is 1. The highest BCUT2D eigenvalue weighted by Crippen LogP contribution is 2.17. The average molecular weight is 247 g/mol. The summed E-state index contributed by atoms with van der Waals surface area (Å²) in [6.45, 7) is 7.46. The van der Waals surface area contributed by atoms with Crippen LogP contribution >= 0.6 is 0 Å². The van der Waals surface area contributed by atoms with Gasteiger partial charge in [-0.15, -0.1) is 0 Å². The first-order chi connectivity index (χ1) is 8.59. The van der Waals surface area contributed by atoms with Gasteiger partial charge in [-0.2, -0.15) is 0 Å². The van der Waals surface area contributed by atoms with E-state index < -0.39 is 0 Å². The molecule has 0 spiro atoms. The van der Waals surface area contributed by atoms with E-state index in [2.05, 4.69) is 25.8 Å². The van der Waals surface area contributed by atoms with Crippen LogP contribution in [0.25, 0.3) is 0 Å². The highest BCUT2D eigenvalue weighted by atomic mass is 16.3. The van der Waals surface area contributed by atoms with E-state index in [0.717, 1.165) is 37.8 Å². The summed E-state index contributed by atoms with van der Waals surface area (Å²) < 4.78 is 0. The van der Waals surface area contributed by atoms with Crippen LogP contribution < -0.4 is 0 Å². The Morgan fingerprint density at radius 1 is 1.22 bits per heavy atom. The summed E-state index contributed by atoms with van der Waals surface area (Å²) in [5.41, 5.74) is 2.30. The van der Waals surface area contributed by atoms with Crippen molar-refractivity contribution in [1.29, 1.82) is 0 Å². The molecule has 0 aliphatic heterocycles. The molecule has 0 amide bonds. The van der Waals surface area contributed by atoms with Crippen LogP contribution in [0, 0.1) is 5.92 Å². The number of aryl methyl sites for hydroxylation is 1. The van der Waals surface area contributed by atoms with Crippen LogP contribution in [0.5, 0.6) is 5.75 Å². The van der Waals surface area contributed by atoms with Gasteiger partial charge < -0.3 is 5.11 Å². The number of aromatic hydroxyl groups is 1. The highest BCUT2D eigenvalue weighted by Gasteiger charge is 1.99. The fourth-order valence-electron chi connectivity index (χ4n) is 2.07. The van der Waals surface area contributed by atoms with Crippen molar-refractivity contribution in [3.05, 3.63) is 29.8 Å². The molecule has 0 aliphatic carbocycles. The quantitative estimate of drug-likeness (QED) is 0.568. The summed E-state index contributed by atoms with van der Waals surface area (Å²) in [6.07, 6.45) is 4.20. The molecule has 100 valence electrons. The van der Waals surface area contributed by atoms with E-state index in [0.29, 0.717) is 11.7 Å². The van der Waals surface area contributed by atoms with E-state index in [-0.39, 0.29) is 0 Å².